The number of aliphatic hydroxyl groups excluding tert-OH is 1. The number of aliphatic hydroxyl groups is 1. The molecule has 1 fully saturated rings. The summed E-state index contributed by atoms with van der Waals surface area (Å²) in [7, 11) is 1.74. The number of rotatable bonds is 4. The third-order valence-electron chi connectivity index (χ3n) is 6.27. The highest BCUT2D eigenvalue weighted by molar-refractivity contribution is 6.23. The molecule has 1 aromatic carbocycles. The van der Waals surface area contributed by atoms with Gasteiger partial charge in [0.1, 0.15) is 11.5 Å². The Morgan fingerprint density at radius 2 is 1.65 bits per heavy atom. The summed E-state index contributed by atoms with van der Waals surface area (Å²) in [4.78, 5) is 13.1. The van der Waals surface area contributed by atoms with Crippen molar-refractivity contribution in [3.05, 3.63) is 34.6 Å². The van der Waals surface area contributed by atoms with Gasteiger partial charge in [-0.3, -0.25) is 4.79 Å². The number of carbonyl (C=O) groups is 1. The van der Waals surface area contributed by atoms with Crippen molar-refractivity contribution in [2.75, 3.05) is 7.11 Å². The summed E-state index contributed by atoms with van der Waals surface area (Å²) in [5.41, 5.74) is 3.07. The van der Waals surface area contributed by atoms with Gasteiger partial charge < -0.3 is 14.9 Å². The fourth-order valence-corrected chi connectivity index (χ4v) is 4.80. The number of aromatic hydroxyl groups is 1. The van der Waals surface area contributed by atoms with Crippen LogP contribution in [-0.4, -0.2) is 29.2 Å². The minimum absolute atomic E-state index is 0.0414. The molecule has 26 heavy (non-hydrogen) atoms. The number of phenols is 1. The number of hydrogen-bond acceptors (Lipinski definition) is 4. The van der Waals surface area contributed by atoms with Gasteiger partial charge in [0.25, 0.3) is 0 Å². The number of aryl methyl sites for hydroxylation is 2. The molecule has 3 rings (SSSR count). The Balaban J connectivity index is 2.00. The first-order valence-electron chi connectivity index (χ1n) is 9.76. The number of phenolic OH excluding ortho intramolecular Hbond substituents is 1. The van der Waals surface area contributed by atoms with Crippen LogP contribution in [0.1, 0.15) is 69.1 Å². The second kappa shape index (κ2) is 7.43. The predicted molar refractivity (Wildman–Crippen MR) is 102 cm³/mol. The molecule has 0 aliphatic heterocycles. The van der Waals surface area contributed by atoms with Gasteiger partial charge in [-0.05, 0) is 72.8 Å². The van der Waals surface area contributed by atoms with E-state index in [4.69, 9.17) is 4.74 Å². The normalized spacial score (nSPS) is 26.6. The number of ether oxygens (including phenoxy) is 1. The van der Waals surface area contributed by atoms with Crippen LogP contribution in [0.3, 0.4) is 0 Å². The highest BCUT2D eigenvalue weighted by Crippen LogP contribution is 2.50. The summed E-state index contributed by atoms with van der Waals surface area (Å²) in [5.74, 6) is 0.493. The zero-order valence-corrected chi connectivity index (χ0v) is 16.1. The molecule has 1 aromatic rings. The van der Waals surface area contributed by atoms with E-state index < -0.39 is 0 Å². The lowest BCUT2D eigenvalue weighted by Crippen LogP contribution is -2.36. The molecule has 0 aromatic heterocycles. The minimum atomic E-state index is -0.116. The van der Waals surface area contributed by atoms with Crippen molar-refractivity contribution < 1.29 is 19.7 Å². The van der Waals surface area contributed by atoms with Crippen LogP contribution in [0.4, 0.5) is 0 Å². The maximum absolute atomic E-state index is 13.1. The van der Waals surface area contributed by atoms with Gasteiger partial charge in [-0.1, -0.05) is 13.8 Å². The third kappa shape index (κ3) is 3.39. The molecule has 1 spiro atoms. The Hall–Kier alpha value is -1.81. The lowest BCUT2D eigenvalue weighted by atomic mass is 9.63. The van der Waals surface area contributed by atoms with Crippen LogP contribution in [0.2, 0.25) is 0 Å². The van der Waals surface area contributed by atoms with Gasteiger partial charge in [-0.2, -0.15) is 0 Å². The zero-order valence-electron chi connectivity index (χ0n) is 16.1. The van der Waals surface area contributed by atoms with E-state index in [1.54, 1.807) is 19.2 Å². The topological polar surface area (TPSA) is 66.8 Å². The molecule has 142 valence electrons. The van der Waals surface area contributed by atoms with E-state index in [2.05, 4.69) is 0 Å². The van der Waals surface area contributed by atoms with Crippen LogP contribution in [0.5, 0.6) is 5.75 Å². The van der Waals surface area contributed by atoms with Crippen LogP contribution in [0, 0.1) is 5.41 Å². The molecule has 4 heteroatoms. The van der Waals surface area contributed by atoms with Crippen molar-refractivity contribution >= 4 is 11.4 Å². The molecule has 2 aliphatic rings. The Bertz CT molecular complexity index is 699. The molecular formula is C22H30O4. The van der Waals surface area contributed by atoms with Gasteiger partial charge in [0.05, 0.1) is 11.7 Å². The second-order valence-corrected chi connectivity index (χ2v) is 7.88. The smallest absolute Gasteiger partial charge is 0.167 e. The molecule has 0 atom stereocenters. The minimum Gasteiger partial charge on any atom is -0.512 e. The summed E-state index contributed by atoms with van der Waals surface area (Å²) in [6.07, 6.45) is 6.50. The molecule has 0 bridgehead atoms. The molecular weight excluding hydrogens is 328 g/mol. The van der Waals surface area contributed by atoms with E-state index in [1.807, 2.05) is 13.8 Å². The molecule has 2 N–H and O–H groups in total. The highest BCUT2D eigenvalue weighted by Gasteiger charge is 2.43. The lowest BCUT2D eigenvalue weighted by Gasteiger charge is -2.42. The zero-order chi connectivity index (χ0) is 18.9. The van der Waals surface area contributed by atoms with Crippen LogP contribution < -0.4 is 0 Å². The maximum atomic E-state index is 13.1. The summed E-state index contributed by atoms with van der Waals surface area (Å²) in [5, 5.41) is 20.9. The van der Waals surface area contributed by atoms with Gasteiger partial charge in [0.15, 0.2) is 5.78 Å². The number of Topliss-reactive ketones (excluding diaryl/α,β-unsaturated/α-hetero) is 1. The van der Waals surface area contributed by atoms with E-state index in [0.29, 0.717) is 31.3 Å². The van der Waals surface area contributed by atoms with Crippen molar-refractivity contribution in [1.82, 2.24) is 0 Å². The Morgan fingerprint density at radius 1 is 1.08 bits per heavy atom. The maximum Gasteiger partial charge on any atom is 0.167 e. The van der Waals surface area contributed by atoms with E-state index in [1.165, 1.54) is 0 Å². The predicted octanol–water partition coefficient (Wildman–Crippen LogP) is 4.72. The van der Waals surface area contributed by atoms with Crippen molar-refractivity contribution in [1.29, 1.82) is 0 Å². The van der Waals surface area contributed by atoms with Crippen molar-refractivity contribution in [2.24, 2.45) is 5.41 Å². The van der Waals surface area contributed by atoms with E-state index in [9.17, 15) is 15.0 Å². The van der Waals surface area contributed by atoms with Gasteiger partial charge in [-0.15, -0.1) is 0 Å². The first-order valence-corrected chi connectivity index (χ1v) is 9.76. The van der Waals surface area contributed by atoms with E-state index in [0.717, 1.165) is 42.4 Å². The quantitative estimate of drug-likeness (QED) is 0.817. The summed E-state index contributed by atoms with van der Waals surface area (Å²) in [6.45, 7) is 4.02. The average Bonchev–Trinajstić information content (AvgIpc) is 2.62. The number of allylic oxidation sites excluding steroid dienone is 2. The van der Waals surface area contributed by atoms with Crippen LogP contribution in [-0.2, 0) is 22.4 Å². The van der Waals surface area contributed by atoms with E-state index >= 15 is 0 Å². The van der Waals surface area contributed by atoms with Crippen LogP contribution >= 0.6 is 0 Å². The molecule has 4 nitrogen and oxygen atoms in total. The molecule has 0 radical (unpaired) electrons. The summed E-state index contributed by atoms with van der Waals surface area (Å²) >= 11 is 0. The van der Waals surface area contributed by atoms with Crippen molar-refractivity contribution in [3.63, 3.8) is 0 Å². The molecule has 0 amide bonds. The van der Waals surface area contributed by atoms with Gasteiger partial charge >= 0.3 is 0 Å². The second-order valence-electron chi connectivity index (χ2n) is 7.88. The third-order valence-corrected chi connectivity index (χ3v) is 6.27. The Kier molecular flexibility index (Phi) is 5.42. The molecule has 1 saturated carbocycles. The number of methoxy groups -OCH3 is 1. The molecule has 2 aliphatic carbocycles. The van der Waals surface area contributed by atoms with Crippen molar-refractivity contribution in [3.8, 4) is 5.75 Å². The fraction of sp³-hybridized carbons (Fsp3) is 0.591. The van der Waals surface area contributed by atoms with E-state index in [-0.39, 0.29) is 28.8 Å². The Labute approximate surface area is 155 Å². The SMILES string of the molecule is CCc1cc(O)cc(CC)c1C1=C(O)CC2(CCC(OC)CC2)CC1=O. The van der Waals surface area contributed by atoms with Gasteiger partial charge in [0, 0.05) is 20.0 Å². The van der Waals surface area contributed by atoms with Gasteiger partial charge in [-0.25, -0.2) is 0 Å². The van der Waals surface area contributed by atoms with Crippen LogP contribution in [0.15, 0.2) is 17.9 Å². The van der Waals surface area contributed by atoms with Crippen LogP contribution in [0.25, 0.3) is 5.57 Å². The summed E-state index contributed by atoms with van der Waals surface area (Å²) < 4.78 is 5.46. The standard InChI is InChI=1S/C22H30O4/c1-4-14-10-16(23)11-15(5-2)20(14)21-18(24)12-22(13-19(21)25)8-6-17(26-3)7-9-22/h10-11,17,23-24H,4-9,12-13H2,1-3H3. The van der Waals surface area contributed by atoms with Crippen molar-refractivity contribution in [2.45, 2.75) is 71.3 Å². The number of hydrogen-bond donors (Lipinski definition) is 2. The first-order chi connectivity index (χ1) is 12.4. The first kappa shape index (κ1) is 19.0. The summed E-state index contributed by atoms with van der Waals surface area (Å²) in [6, 6.07) is 3.44. The Morgan fingerprint density at radius 3 is 2.12 bits per heavy atom. The number of ketones is 1. The lowest BCUT2D eigenvalue weighted by molar-refractivity contribution is -0.118. The monoisotopic (exact) mass is 358 g/mol. The highest BCUT2D eigenvalue weighted by atomic mass is 16.5. The number of benzene rings is 1. The van der Waals surface area contributed by atoms with Gasteiger partial charge in [0.2, 0.25) is 0 Å². The fourth-order valence-electron chi connectivity index (χ4n) is 4.80. The number of carbonyl (C=O) groups excluding carboxylic acids is 1. The molecule has 0 unspecified atom stereocenters. The largest absolute Gasteiger partial charge is 0.512 e. The molecule has 0 heterocycles. The molecule has 0 saturated heterocycles. The average molecular weight is 358 g/mol.